The van der Waals surface area contributed by atoms with E-state index in [1.54, 1.807) is 24.5 Å². The maximum absolute atomic E-state index is 12.5. The zero-order chi connectivity index (χ0) is 17.7. The van der Waals surface area contributed by atoms with Crippen molar-refractivity contribution < 1.29 is 13.2 Å². The molecule has 0 amide bonds. The Balaban J connectivity index is 1.77. The maximum Gasteiger partial charge on any atom is 0.241 e. The van der Waals surface area contributed by atoms with Gasteiger partial charge in [0.25, 0.3) is 0 Å². The minimum Gasteiger partial charge on any atom is -0.497 e. The molecule has 0 spiro atoms. The number of rotatable bonds is 6. The second kappa shape index (κ2) is 7.46. The lowest BCUT2D eigenvalue weighted by molar-refractivity contribution is 0.413. The van der Waals surface area contributed by atoms with Crippen LogP contribution < -0.4 is 9.46 Å². The standard InChI is InChI=1S/C19H18N2O3S/c1-24-18-6-3-7-19(13-18)25(22,23)21-14-15-4-2-5-17(12-15)16-8-10-20-11-9-16/h2-13,21H,14H2,1H3. The topological polar surface area (TPSA) is 68.3 Å². The van der Waals surface area contributed by atoms with Gasteiger partial charge < -0.3 is 4.74 Å². The van der Waals surface area contributed by atoms with E-state index in [0.717, 1.165) is 16.7 Å². The molecule has 1 heterocycles. The van der Waals surface area contributed by atoms with E-state index >= 15 is 0 Å². The van der Waals surface area contributed by atoms with E-state index < -0.39 is 10.0 Å². The third kappa shape index (κ3) is 4.23. The lowest BCUT2D eigenvalue weighted by Gasteiger charge is -2.09. The van der Waals surface area contributed by atoms with Gasteiger partial charge in [-0.25, -0.2) is 13.1 Å². The molecule has 128 valence electrons. The molecule has 0 atom stereocenters. The quantitative estimate of drug-likeness (QED) is 0.738. The largest absolute Gasteiger partial charge is 0.497 e. The van der Waals surface area contributed by atoms with Gasteiger partial charge in [-0.1, -0.05) is 24.3 Å². The molecule has 0 unspecified atom stereocenters. The van der Waals surface area contributed by atoms with E-state index in [4.69, 9.17) is 4.74 Å². The number of aromatic nitrogens is 1. The van der Waals surface area contributed by atoms with Crippen LogP contribution in [0.1, 0.15) is 5.56 Å². The Hall–Kier alpha value is -2.70. The highest BCUT2D eigenvalue weighted by Gasteiger charge is 2.14. The lowest BCUT2D eigenvalue weighted by atomic mass is 10.0. The molecule has 0 aliphatic rings. The molecule has 3 rings (SSSR count). The predicted molar refractivity (Wildman–Crippen MR) is 96.7 cm³/mol. The number of nitrogens with one attached hydrogen (secondary N) is 1. The Morgan fingerprint density at radius 3 is 2.48 bits per heavy atom. The lowest BCUT2D eigenvalue weighted by Crippen LogP contribution is -2.23. The van der Waals surface area contributed by atoms with Crippen molar-refractivity contribution in [3.05, 3.63) is 78.6 Å². The van der Waals surface area contributed by atoms with Crippen molar-refractivity contribution in [1.82, 2.24) is 9.71 Å². The van der Waals surface area contributed by atoms with Crippen LogP contribution in [0.5, 0.6) is 5.75 Å². The van der Waals surface area contributed by atoms with Gasteiger partial charge in [0, 0.05) is 25.0 Å². The number of nitrogens with zero attached hydrogens (tertiary/aromatic N) is 1. The Kier molecular flexibility index (Phi) is 5.11. The monoisotopic (exact) mass is 354 g/mol. The third-order valence-electron chi connectivity index (χ3n) is 3.76. The van der Waals surface area contributed by atoms with Crippen molar-refractivity contribution in [2.24, 2.45) is 0 Å². The molecule has 0 radical (unpaired) electrons. The van der Waals surface area contributed by atoms with Crippen LogP contribution in [0.25, 0.3) is 11.1 Å². The van der Waals surface area contributed by atoms with E-state index in [1.807, 2.05) is 36.4 Å². The van der Waals surface area contributed by atoms with Crippen LogP contribution in [0.3, 0.4) is 0 Å². The zero-order valence-electron chi connectivity index (χ0n) is 13.7. The Morgan fingerprint density at radius 1 is 0.960 bits per heavy atom. The summed E-state index contributed by atoms with van der Waals surface area (Å²) in [7, 11) is -2.10. The van der Waals surface area contributed by atoms with Crippen LogP contribution in [0, 0.1) is 0 Å². The number of ether oxygens (including phenoxy) is 1. The fourth-order valence-corrected chi connectivity index (χ4v) is 3.49. The fraction of sp³-hybridized carbons (Fsp3) is 0.105. The van der Waals surface area contributed by atoms with Gasteiger partial charge in [0.1, 0.15) is 5.75 Å². The summed E-state index contributed by atoms with van der Waals surface area (Å²) in [5, 5.41) is 0. The average Bonchev–Trinajstić information content (AvgIpc) is 2.67. The second-order valence-corrected chi connectivity index (χ2v) is 7.21. The fourth-order valence-electron chi connectivity index (χ4n) is 2.44. The van der Waals surface area contributed by atoms with Gasteiger partial charge in [-0.05, 0) is 47.0 Å². The zero-order valence-corrected chi connectivity index (χ0v) is 14.5. The Bertz CT molecular complexity index is 957. The van der Waals surface area contributed by atoms with Gasteiger partial charge in [0.05, 0.1) is 12.0 Å². The van der Waals surface area contributed by atoms with Gasteiger partial charge in [-0.15, -0.1) is 0 Å². The molecule has 5 nitrogen and oxygen atoms in total. The number of pyridine rings is 1. The van der Waals surface area contributed by atoms with Crippen molar-refractivity contribution in [3.63, 3.8) is 0 Å². The van der Waals surface area contributed by atoms with Crippen LogP contribution in [0.2, 0.25) is 0 Å². The van der Waals surface area contributed by atoms with Crippen molar-refractivity contribution in [1.29, 1.82) is 0 Å². The van der Waals surface area contributed by atoms with Crippen molar-refractivity contribution in [3.8, 4) is 16.9 Å². The van der Waals surface area contributed by atoms with Crippen molar-refractivity contribution in [2.45, 2.75) is 11.4 Å². The molecule has 0 aliphatic heterocycles. The number of sulfonamides is 1. The second-order valence-electron chi connectivity index (χ2n) is 5.44. The number of hydrogen-bond donors (Lipinski definition) is 1. The first kappa shape index (κ1) is 17.1. The molecule has 1 N–H and O–H groups in total. The molecular formula is C19H18N2O3S. The molecule has 25 heavy (non-hydrogen) atoms. The van der Waals surface area contributed by atoms with Crippen molar-refractivity contribution in [2.75, 3.05) is 7.11 Å². The highest BCUT2D eigenvalue weighted by atomic mass is 32.2. The minimum atomic E-state index is -3.61. The maximum atomic E-state index is 12.5. The number of hydrogen-bond acceptors (Lipinski definition) is 4. The first-order valence-electron chi connectivity index (χ1n) is 7.71. The summed E-state index contributed by atoms with van der Waals surface area (Å²) in [6.07, 6.45) is 3.46. The van der Waals surface area contributed by atoms with Crippen LogP contribution in [0.15, 0.2) is 78.0 Å². The van der Waals surface area contributed by atoms with E-state index in [2.05, 4.69) is 9.71 Å². The first-order valence-corrected chi connectivity index (χ1v) is 9.20. The van der Waals surface area contributed by atoms with Gasteiger partial charge in [-0.2, -0.15) is 0 Å². The van der Waals surface area contributed by atoms with E-state index in [0.29, 0.717) is 5.75 Å². The molecule has 0 aliphatic carbocycles. The summed E-state index contributed by atoms with van der Waals surface area (Å²) in [6, 6.07) is 18.0. The average molecular weight is 354 g/mol. The molecular weight excluding hydrogens is 336 g/mol. The van der Waals surface area contributed by atoms with Crippen LogP contribution in [0.4, 0.5) is 0 Å². The summed E-state index contributed by atoms with van der Waals surface area (Å²) in [5.74, 6) is 0.502. The Morgan fingerprint density at radius 2 is 1.72 bits per heavy atom. The molecule has 0 saturated carbocycles. The normalized spacial score (nSPS) is 11.2. The Labute approximate surface area is 147 Å². The molecule has 6 heteroatoms. The SMILES string of the molecule is COc1cccc(S(=O)(=O)NCc2cccc(-c3ccncc3)c2)c1. The van der Waals surface area contributed by atoms with Gasteiger partial charge in [-0.3, -0.25) is 4.98 Å². The summed E-state index contributed by atoms with van der Waals surface area (Å²) < 4.78 is 32.6. The number of methoxy groups -OCH3 is 1. The van der Waals surface area contributed by atoms with E-state index in [9.17, 15) is 8.42 Å². The summed E-state index contributed by atoms with van der Waals surface area (Å²) in [4.78, 5) is 4.19. The van der Waals surface area contributed by atoms with Gasteiger partial charge in [0.2, 0.25) is 10.0 Å². The molecule has 3 aromatic rings. The van der Waals surface area contributed by atoms with Gasteiger partial charge in [0.15, 0.2) is 0 Å². The molecule has 1 aromatic heterocycles. The highest BCUT2D eigenvalue weighted by Crippen LogP contribution is 2.20. The third-order valence-corrected chi connectivity index (χ3v) is 5.16. The molecule has 2 aromatic carbocycles. The molecule has 0 saturated heterocycles. The molecule has 0 bridgehead atoms. The van der Waals surface area contributed by atoms with Crippen molar-refractivity contribution >= 4 is 10.0 Å². The summed E-state index contributed by atoms with van der Waals surface area (Å²) >= 11 is 0. The van der Waals surface area contributed by atoms with Crippen LogP contribution in [-0.2, 0) is 16.6 Å². The smallest absolute Gasteiger partial charge is 0.241 e. The van der Waals surface area contributed by atoms with E-state index in [-0.39, 0.29) is 11.4 Å². The van der Waals surface area contributed by atoms with Crippen LogP contribution >= 0.6 is 0 Å². The summed E-state index contributed by atoms with van der Waals surface area (Å²) in [6.45, 7) is 0.207. The molecule has 0 fully saturated rings. The minimum absolute atomic E-state index is 0.178. The summed E-state index contributed by atoms with van der Waals surface area (Å²) in [5.41, 5.74) is 2.92. The first-order chi connectivity index (χ1) is 12.1. The number of benzene rings is 2. The highest BCUT2D eigenvalue weighted by molar-refractivity contribution is 7.89. The van der Waals surface area contributed by atoms with Crippen LogP contribution in [-0.4, -0.2) is 20.5 Å². The van der Waals surface area contributed by atoms with E-state index in [1.165, 1.54) is 19.2 Å². The van der Waals surface area contributed by atoms with Gasteiger partial charge >= 0.3 is 0 Å². The predicted octanol–water partition coefficient (Wildman–Crippen LogP) is 3.24.